The van der Waals surface area contributed by atoms with Crippen LogP contribution in [0, 0.1) is 6.92 Å². The first-order chi connectivity index (χ1) is 10.3. The second-order valence-electron chi connectivity index (χ2n) is 5.30. The van der Waals surface area contributed by atoms with Gasteiger partial charge in [0, 0.05) is 19.3 Å². The highest BCUT2D eigenvalue weighted by Crippen LogP contribution is 2.30. The average molecular weight is 284 g/mol. The molecule has 0 aliphatic carbocycles. The van der Waals surface area contributed by atoms with E-state index in [1.54, 1.807) is 12.5 Å². The van der Waals surface area contributed by atoms with Crippen molar-refractivity contribution in [3.63, 3.8) is 0 Å². The van der Waals surface area contributed by atoms with Gasteiger partial charge in [0.2, 0.25) is 0 Å². The van der Waals surface area contributed by atoms with Gasteiger partial charge in [-0.3, -0.25) is 0 Å². The van der Waals surface area contributed by atoms with E-state index < -0.39 is 0 Å². The predicted molar refractivity (Wildman–Crippen MR) is 84.8 cm³/mol. The first kappa shape index (κ1) is 13.6. The van der Waals surface area contributed by atoms with Crippen LogP contribution in [0.2, 0.25) is 0 Å². The Bertz CT molecular complexity index is 621. The summed E-state index contributed by atoms with van der Waals surface area (Å²) in [5.41, 5.74) is 7.89. The molecule has 2 aromatic heterocycles. The molecule has 0 radical (unpaired) electrons. The number of anilines is 4. The second kappa shape index (κ2) is 5.95. The molecule has 3 rings (SSSR count). The zero-order valence-corrected chi connectivity index (χ0v) is 12.2. The fourth-order valence-electron chi connectivity index (χ4n) is 2.57. The highest BCUT2D eigenvalue weighted by molar-refractivity contribution is 5.78. The Morgan fingerprint density at radius 3 is 2.67 bits per heavy atom. The third-order valence-electron chi connectivity index (χ3n) is 3.76. The summed E-state index contributed by atoms with van der Waals surface area (Å²) in [5.74, 6) is 2.21. The number of nitrogens with two attached hydrogens (primary N) is 1. The molecule has 0 amide bonds. The molecule has 1 fully saturated rings. The molecule has 2 aromatic rings. The summed E-state index contributed by atoms with van der Waals surface area (Å²) < 4.78 is 0. The fraction of sp³-hybridized carbons (Fsp3) is 0.400. The number of hydrogen-bond donors (Lipinski definition) is 2. The maximum absolute atomic E-state index is 6.26. The Hall–Kier alpha value is -2.37. The van der Waals surface area contributed by atoms with Crippen molar-refractivity contribution in [3.8, 4) is 0 Å². The van der Waals surface area contributed by atoms with E-state index in [-0.39, 0.29) is 0 Å². The lowest BCUT2D eigenvalue weighted by atomic mass is 10.1. The fourth-order valence-corrected chi connectivity index (χ4v) is 2.57. The van der Waals surface area contributed by atoms with E-state index in [2.05, 4.69) is 25.2 Å². The smallest absolute Gasteiger partial charge is 0.160 e. The molecule has 6 heteroatoms. The van der Waals surface area contributed by atoms with E-state index in [1.807, 2.05) is 19.1 Å². The van der Waals surface area contributed by atoms with Crippen LogP contribution in [0.1, 0.15) is 24.8 Å². The van der Waals surface area contributed by atoms with Crippen LogP contribution in [0.5, 0.6) is 0 Å². The Balaban J connectivity index is 1.88. The van der Waals surface area contributed by atoms with E-state index in [1.165, 1.54) is 19.3 Å². The average Bonchev–Trinajstić information content (AvgIpc) is 2.52. The van der Waals surface area contributed by atoms with Gasteiger partial charge in [-0.25, -0.2) is 15.0 Å². The number of nitrogens with one attached hydrogen (secondary N) is 1. The first-order valence-corrected chi connectivity index (χ1v) is 7.30. The summed E-state index contributed by atoms with van der Waals surface area (Å²) in [4.78, 5) is 15.2. The molecule has 0 unspecified atom stereocenters. The van der Waals surface area contributed by atoms with Crippen LogP contribution in [0.3, 0.4) is 0 Å². The zero-order valence-electron chi connectivity index (χ0n) is 12.2. The minimum Gasteiger partial charge on any atom is -0.393 e. The monoisotopic (exact) mass is 284 g/mol. The van der Waals surface area contributed by atoms with Crippen molar-refractivity contribution in [3.05, 3.63) is 30.2 Å². The summed E-state index contributed by atoms with van der Waals surface area (Å²) in [6.07, 6.45) is 6.95. The largest absolute Gasteiger partial charge is 0.393 e. The van der Waals surface area contributed by atoms with Crippen LogP contribution in [-0.4, -0.2) is 28.0 Å². The van der Waals surface area contributed by atoms with Crippen LogP contribution in [0.4, 0.5) is 23.1 Å². The summed E-state index contributed by atoms with van der Waals surface area (Å²) in [6.45, 7) is 4.00. The lowest BCUT2D eigenvalue weighted by Gasteiger charge is -2.28. The van der Waals surface area contributed by atoms with E-state index in [0.29, 0.717) is 11.5 Å². The van der Waals surface area contributed by atoms with Gasteiger partial charge in [-0.05, 0) is 37.8 Å². The Labute approximate surface area is 124 Å². The summed E-state index contributed by atoms with van der Waals surface area (Å²) in [6, 6.07) is 3.90. The maximum atomic E-state index is 6.26. The van der Waals surface area contributed by atoms with Gasteiger partial charge in [0.05, 0.1) is 0 Å². The van der Waals surface area contributed by atoms with Gasteiger partial charge >= 0.3 is 0 Å². The van der Waals surface area contributed by atoms with Crippen molar-refractivity contribution in [2.75, 3.05) is 29.0 Å². The van der Waals surface area contributed by atoms with Crippen molar-refractivity contribution in [2.45, 2.75) is 26.2 Å². The molecule has 0 bridgehead atoms. The number of aryl methyl sites for hydroxylation is 1. The molecule has 0 spiro atoms. The summed E-state index contributed by atoms with van der Waals surface area (Å²) in [7, 11) is 0. The minimum atomic E-state index is 0.587. The van der Waals surface area contributed by atoms with Crippen molar-refractivity contribution in [1.82, 2.24) is 15.0 Å². The van der Waals surface area contributed by atoms with Crippen molar-refractivity contribution in [1.29, 1.82) is 0 Å². The topological polar surface area (TPSA) is 80.0 Å². The number of nitrogen functional groups attached to an aromatic ring is 1. The van der Waals surface area contributed by atoms with Crippen molar-refractivity contribution >= 4 is 23.1 Å². The van der Waals surface area contributed by atoms with E-state index in [0.717, 1.165) is 30.3 Å². The standard InChI is InChI=1S/C15H20N6/c1-11-6-5-7-17-13(11)20-14-12(16)15(19-10-18-14)21-8-3-2-4-9-21/h5-7,10H,2-4,8-9,16H2,1H3,(H,17,18,19,20). The van der Waals surface area contributed by atoms with E-state index in [9.17, 15) is 0 Å². The van der Waals surface area contributed by atoms with Gasteiger partial charge in [-0.15, -0.1) is 0 Å². The zero-order chi connectivity index (χ0) is 14.7. The molecule has 0 saturated carbocycles. The minimum absolute atomic E-state index is 0.587. The van der Waals surface area contributed by atoms with Crippen molar-refractivity contribution < 1.29 is 0 Å². The molecule has 0 aromatic carbocycles. The Morgan fingerprint density at radius 2 is 1.90 bits per heavy atom. The summed E-state index contributed by atoms with van der Waals surface area (Å²) >= 11 is 0. The third-order valence-corrected chi connectivity index (χ3v) is 3.76. The molecular weight excluding hydrogens is 264 g/mol. The van der Waals surface area contributed by atoms with Crippen LogP contribution < -0.4 is 16.0 Å². The Kier molecular flexibility index (Phi) is 3.85. The van der Waals surface area contributed by atoms with E-state index in [4.69, 9.17) is 5.73 Å². The molecule has 1 saturated heterocycles. The lowest BCUT2D eigenvalue weighted by Crippen LogP contribution is -2.31. The van der Waals surface area contributed by atoms with Gasteiger partial charge in [-0.1, -0.05) is 6.07 Å². The molecule has 6 nitrogen and oxygen atoms in total. The SMILES string of the molecule is Cc1cccnc1Nc1ncnc(N2CCCCC2)c1N. The van der Waals surface area contributed by atoms with Gasteiger partial charge in [0.15, 0.2) is 11.6 Å². The van der Waals surface area contributed by atoms with E-state index >= 15 is 0 Å². The van der Waals surface area contributed by atoms with Crippen LogP contribution in [0.25, 0.3) is 0 Å². The first-order valence-electron chi connectivity index (χ1n) is 7.30. The molecule has 1 aliphatic rings. The molecule has 0 atom stereocenters. The molecule has 110 valence electrons. The number of rotatable bonds is 3. The molecular formula is C15H20N6. The van der Waals surface area contributed by atoms with Gasteiger partial charge in [0.25, 0.3) is 0 Å². The number of pyridine rings is 1. The van der Waals surface area contributed by atoms with Gasteiger partial charge in [-0.2, -0.15) is 0 Å². The molecule has 21 heavy (non-hydrogen) atoms. The highest BCUT2D eigenvalue weighted by Gasteiger charge is 2.17. The second-order valence-corrected chi connectivity index (χ2v) is 5.30. The van der Waals surface area contributed by atoms with Crippen LogP contribution in [0.15, 0.2) is 24.7 Å². The number of nitrogens with zero attached hydrogens (tertiary/aromatic N) is 4. The molecule has 1 aliphatic heterocycles. The summed E-state index contributed by atoms with van der Waals surface area (Å²) in [5, 5.41) is 3.21. The lowest BCUT2D eigenvalue weighted by molar-refractivity contribution is 0.574. The number of piperidine rings is 1. The normalized spacial score (nSPS) is 15.0. The quantitative estimate of drug-likeness (QED) is 0.901. The number of hydrogen-bond acceptors (Lipinski definition) is 6. The van der Waals surface area contributed by atoms with Crippen molar-refractivity contribution in [2.24, 2.45) is 0 Å². The van der Waals surface area contributed by atoms with Crippen LogP contribution >= 0.6 is 0 Å². The molecule has 3 N–H and O–H groups in total. The Morgan fingerprint density at radius 1 is 1.10 bits per heavy atom. The predicted octanol–water partition coefficient (Wildman–Crippen LogP) is 2.50. The maximum Gasteiger partial charge on any atom is 0.160 e. The number of aromatic nitrogens is 3. The van der Waals surface area contributed by atoms with Gasteiger partial charge in [0.1, 0.15) is 17.8 Å². The molecule has 3 heterocycles. The highest BCUT2D eigenvalue weighted by atomic mass is 15.2. The van der Waals surface area contributed by atoms with Gasteiger partial charge < -0.3 is 16.0 Å². The van der Waals surface area contributed by atoms with Crippen LogP contribution in [-0.2, 0) is 0 Å². The third kappa shape index (κ3) is 2.89.